The molecule has 0 unspecified atom stereocenters. The second kappa shape index (κ2) is 9.87. The molecule has 0 fully saturated rings. The summed E-state index contributed by atoms with van der Waals surface area (Å²) < 4.78 is 13.7. The quantitative estimate of drug-likeness (QED) is 0.209. The summed E-state index contributed by atoms with van der Waals surface area (Å²) in [6.07, 6.45) is 3.44. The predicted octanol–water partition coefficient (Wildman–Crippen LogP) is 5.50. The van der Waals surface area contributed by atoms with Crippen LogP contribution in [0.1, 0.15) is 34.9 Å². The number of furan rings is 1. The normalized spacial score (nSPS) is 16.0. The molecule has 0 radical (unpaired) electrons. The number of hydrogen-bond donors (Lipinski definition) is 0. The van der Waals surface area contributed by atoms with E-state index in [-0.39, 0.29) is 17.3 Å². The molecule has 1 atom stereocenters. The standard InChI is InChI=1S/C32H23N3O5S/c1-39-23-13-8-21(9-14-23)30-26-16-10-19-4-2-3-5-25(19)29(26)33-32-34(30)31(36)28(41-32)18-24-15-17-27(40-24)20-6-11-22(12-7-20)35(37)38/h2-9,11-15,17-18,30H,10,16H2,1H3/b28-18-/t30-/m0/s1. The Labute approximate surface area is 238 Å². The highest BCUT2D eigenvalue weighted by Crippen LogP contribution is 2.41. The molecular weight excluding hydrogens is 538 g/mol. The number of aromatic nitrogens is 1. The second-order valence-corrected chi connectivity index (χ2v) is 10.9. The van der Waals surface area contributed by atoms with Crippen LogP contribution in [-0.2, 0) is 6.42 Å². The Morgan fingerprint density at radius 1 is 1.02 bits per heavy atom. The van der Waals surface area contributed by atoms with Crippen molar-refractivity contribution < 1.29 is 14.1 Å². The summed E-state index contributed by atoms with van der Waals surface area (Å²) in [5, 5.41) is 11.0. The van der Waals surface area contributed by atoms with E-state index in [0.29, 0.717) is 26.4 Å². The van der Waals surface area contributed by atoms with Crippen molar-refractivity contribution in [3.8, 4) is 17.1 Å². The Bertz CT molecular complexity index is 2030. The van der Waals surface area contributed by atoms with Gasteiger partial charge < -0.3 is 9.15 Å². The molecule has 1 aliphatic carbocycles. The molecule has 0 bridgehead atoms. The third kappa shape index (κ3) is 4.31. The van der Waals surface area contributed by atoms with Gasteiger partial charge in [-0.1, -0.05) is 47.7 Å². The number of aryl methyl sites for hydroxylation is 1. The molecule has 0 amide bonds. The van der Waals surface area contributed by atoms with Gasteiger partial charge in [0.05, 0.1) is 28.3 Å². The van der Waals surface area contributed by atoms with Crippen molar-refractivity contribution >= 4 is 28.8 Å². The lowest BCUT2D eigenvalue weighted by Crippen LogP contribution is -2.38. The number of benzene rings is 3. The molecule has 5 aromatic rings. The number of ether oxygens (including phenoxy) is 1. The highest BCUT2D eigenvalue weighted by atomic mass is 32.1. The van der Waals surface area contributed by atoms with Crippen molar-refractivity contribution in [2.75, 3.05) is 7.11 Å². The van der Waals surface area contributed by atoms with Gasteiger partial charge in [-0.05, 0) is 65.9 Å². The van der Waals surface area contributed by atoms with E-state index in [0.717, 1.165) is 41.0 Å². The molecular formula is C32H23N3O5S. The summed E-state index contributed by atoms with van der Waals surface area (Å²) in [5.74, 6) is 1.83. The minimum Gasteiger partial charge on any atom is -0.497 e. The first-order valence-corrected chi connectivity index (χ1v) is 13.9. The van der Waals surface area contributed by atoms with E-state index >= 15 is 0 Å². The SMILES string of the molecule is COc1ccc([C@H]2C3=C(N=c4s/c(=C\c5ccc(-c6ccc([N+](=O)[O-])cc6)o5)c(=O)n42)c2ccccc2CC3)cc1. The number of rotatable bonds is 5. The Morgan fingerprint density at radius 3 is 2.56 bits per heavy atom. The second-order valence-electron chi connectivity index (χ2n) is 9.89. The van der Waals surface area contributed by atoms with E-state index in [1.54, 1.807) is 42.0 Å². The summed E-state index contributed by atoms with van der Waals surface area (Å²) in [6, 6.07) is 25.7. The molecule has 0 N–H and O–H groups in total. The zero-order valence-corrected chi connectivity index (χ0v) is 22.8. The fraction of sp³-hybridized carbons (Fsp3) is 0.125. The van der Waals surface area contributed by atoms with Crippen LogP contribution in [-0.4, -0.2) is 16.6 Å². The molecule has 0 saturated carbocycles. The van der Waals surface area contributed by atoms with E-state index in [1.807, 2.05) is 30.3 Å². The number of methoxy groups -OCH3 is 1. The maximum Gasteiger partial charge on any atom is 0.271 e. The van der Waals surface area contributed by atoms with Gasteiger partial charge in [-0.15, -0.1) is 0 Å². The van der Waals surface area contributed by atoms with Gasteiger partial charge in [0.15, 0.2) is 4.80 Å². The Kier molecular flexibility index (Phi) is 6.01. The van der Waals surface area contributed by atoms with Crippen molar-refractivity contribution in [3.05, 3.63) is 143 Å². The molecule has 1 aliphatic heterocycles. The number of nitro benzene ring substituents is 1. The maximum atomic E-state index is 14.0. The number of fused-ring (bicyclic) bond motifs is 3. The zero-order chi connectivity index (χ0) is 28.1. The Morgan fingerprint density at radius 2 is 1.80 bits per heavy atom. The maximum absolute atomic E-state index is 14.0. The summed E-state index contributed by atoms with van der Waals surface area (Å²) in [6.45, 7) is 0. The van der Waals surface area contributed by atoms with Gasteiger partial charge in [-0.2, -0.15) is 0 Å². The average Bonchev–Trinajstić information content (AvgIpc) is 3.60. The first kappa shape index (κ1) is 25.0. The third-order valence-electron chi connectivity index (χ3n) is 7.57. The van der Waals surface area contributed by atoms with Crippen LogP contribution in [0.4, 0.5) is 5.69 Å². The molecule has 9 heteroatoms. The number of hydrogen-bond acceptors (Lipinski definition) is 7. The van der Waals surface area contributed by atoms with Crippen LogP contribution in [0.3, 0.4) is 0 Å². The van der Waals surface area contributed by atoms with Crippen LogP contribution in [0.25, 0.3) is 23.1 Å². The van der Waals surface area contributed by atoms with Gasteiger partial charge in [0.2, 0.25) is 0 Å². The zero-order valence-electron chi connectivity index (χ0n) is 21.9. The molecule has 2 aromatic heterocycles. The van der Waals surface area contributed by atoms with Gasteiger partial charge in [-0.3, -0.25) is 19.5 Å². The first-order valence-electron chi connectivity index (χ1n) is 13.1. The van der Waals surface area contributed by atoms with Crippen LogP contribution in [0.15, 0.2) is 105 Å². The number of non-ortho nitro benzene ring substituents is 1. The smallest absolute Gasteiger partial charge is 0.271 e. The summed E-state index contributed by atoms with van der Waals surface area (Å²) in [5.41, 5.74) is 6.04. The van der Waals surface area contributed by atoms with Crippen molar-refractivity contribution in [1.82, 2.24) is 4.57 Å². The van der Waals surface area contributed by atoms with E-state index in [9.17, 15) is 14.9 Å². The molecule has 3 heterocycles. The number of allylic oxidation sites excluding steroid dienone is 1. The summed E-state index contributed by atoms with van der Waals surface area (Å²) in [4.78, 5) is 30.2. The monoisotopic (exact) mass is 561 g/mol. The number of thiazole rings is 1. The predicted molar refractivity (Wildman–Crippen MR) is 157 cm³/mol. The topological polar surface area (TPSA) is 99.9 Å². The van der Waals surface area contributed by atoms with Crippen LogP contribution >= 0.6 is 11.3 Å². The van der Waals surface area contributed by atoms with Crippen molar-refractivity contribution in [2.24, 2.45) is 4.99 Å². The number of nitrogens with zero attached hydrogens (tertiary/aromatic N) is 3. The fourth-order valence-corrected chi connectivity index (χ4v) is 6.55. The summed E-state index contributed by atoms with van der Waals surface area (Å²) in [7, 11) is 1.64. The fourth-order valence-electron chi connectivity index (χ4n) is 5.57. The summed E-state index contributed by atoms with van der Waals surface area (Å²) >= 11 is 1.34. The van der Waals surface area contributed by atoms with Crippen molar-refractivity contribution in [3.63, 3.8) is 0 Å². The third-order valence-corrected chi connectivity index (χ3v) is 8.55. The minimum absolute atomic E-state index is 0.0124. The highest BCUT2D eigenvalue weighted by molar-refractivity contribution is 7.07. The first-order chi connectivity index (χ1) is 20.0. The lowest BCUT2D eigenvalue weighted by Gasteiger charge is -2.30. The minimum atomic E-state index is -0.438. The van der Waals surface area contributed by atoms with Crippen LogP contribution in [0.5, 0.6) is 5.75 Å². The molecule has 0 spiro atoms. The highest BCUT2D eigenvalue weighted by Gasteiger charge is 2.32. The van der Waals surface area contributed by atoms with Gasteiger partial charge in [0, 0.05) is 29.3 Å². The van der Waals surface area contributed by atoms with E-state index < -0.39 is 4.92 Å². The average molecular weight is 562 g/mol. The largest absolute Gasteiger partial charge is 0.497 e. The Hall–Kier alpha value is -5.02. The van der Waals surface area contributed by atoms with Gasteiger partial charge in [0.1, 0.15) is 17.3 Å². The number of nitro groups is 1. The molecule has 7 rings (SSSR count). The molecule has 41 heavy (non-hydrogen) atoms. The van der Waals surface area contributed by atoms with Crippen LogP contribution in [0.2, 0.25) is 0 Å². The van der Waals surface area contributed by atoms with Crippen molar-refractivity contribution in [1.29, 1.82) is 0 Å². The molecule has 0 saturated heterocycles. The van der Waals surface area contributed by atoms with E-state index in [4.69, 9.17) is 14.1 Å². The van der Waals surface area contributed by atoms with Crippen LogP contribution in [0, 0.1) is 10.1 Å². The molecule has 202 valence electrons. The van der Waals surface area contributed by atoms with E-state index in [1.165, 1.54) is 29.0 Å². The van der Waals surface area contributed by atoms with Crippen molar-refractivity contribution in [2.45, 2.75) is 18.9 Å². The van der Waals surface area contributed by atoms with Gasteiger partial charge in [-0.25, -0.2) is 4.99 Å². The lowest BCUT2D eigenvalue weighted by molar-refractivity contribution is -0.384. The van der Waals surface area contributed by atoms with Gasteiger partial charge in [0.25, 0.3) is 11.2 Å². The van der Waals surface area contributed by atoms with Crippen LogP contribution < -0.4 is 19.6 Å². The molecule has 8 nitrogen and oxygen atoms in total. The lowest BCUT2D eigenvalue weighted by atomic mass is 9.83. The van der Waals surface area contributed by atoms with E-state index in [2.05, 4.69) is 18.2 Å². The molecule has 2 aliphatic rings. The Balaban J connectivity index is 1.35. The van der Waals surface area contributed by atoms with Gasteiger partial charge >= 0.3 is 0 Å². The molecule has 3 aromatic carbocycles.